The van der Waals surface area contributed by atoms with E-state index in [9.17, 15) is 0 Å². The normalized spacial score (nSPS) is 12.3. The van der Waals surface area contributed by atoms with Crippen LogP contribution in [0.5, 0.6) is 11.5 Å². The third kappa shape index (κ3) is 4.29. The van der Waals surface area contributed by atoms with Crippen molar-refractivity contribution in [2.45, 2.75) is 58.3 Å². The molecule has 0 spiro atoms. The van der Waals surface area contributed by atoms with Gasteiger partial charge in [-0.1, -0.05) is 71.9 Å². The lowest BCUT2D eigenvalue weighted by atomic mass is 9.80. The summed E-state index contributed by atoms with van der Waals surface area (Å²) in [6.07, 6.45) is 0. The summed E-state index contributed by atoms with van der Waals surface area (Å²) >= 11 is 6.03. The average molecular weight is 331 g/mol. The molecule has 0 fully saturated rings. The van der Waals surface area contributed by atoms with Crippen LogP contribution in [-0.4, -0.2) is 0 Å². The Bertz CT molecular complexity index is 675. The zero-order chi connectivity index (χ0) is 17.3. The van der Waals surface area contributed by atoms with Crippen molar-refractivity contribution in [3.63, 3.8) is 0 Å². The average Bonchev–Trinajstić information content (AvgIpc) is 2.46. The van der Waals surface area contributed by atoms with Gasteiger partial charge in [0.2, 0.25) is 0 Å². The summed E-state index contributed by atoms with van der Waals surface area (Å²) in [5.41, 5.74) is 3.67. The highest BCUT2D eigenvalue weighted by Crippen LogP contribution is 2.38. The molecule has 0 aliphatic carbocycles. The van der Waals surface area contributed by atoms with Gasteiger partial charge in [-0.25, -0.2) is 0 Å². The lowest BCUT2D eigenvalue weighted by molar-refractivity contribution is 0.450. The van der Waals surface area contributed by atoms with E-state index in [2.05, 4.69) is 59.7 Å². The molecule has 2 aromatic rings. The van der Waals surface area contributed by atoms with Crippen LogP contribution in [0.1, 0.15) is 58.2 Å². The maximum Gasteiger partial charge on any atom is 0.131 e. The molecule has 0 aliphatic rings. The van der Waals surface area contributed by atoms with Crippen LogP contribution in [0.25, 0.3) is 0 Å². The largest absolute Gasteiger partial charge is 0.457 e. The fourth-order valence-electron chi connectivity index (χ4n) is 2.50. The first-order valence-corrected chi connectivity index (χ1v) is 8.63. The number of halogens is 1. The van der Waals surface area contributed by atoms with Gasteiger partial charge in [0, 0.05) is 11.1 Å². The van der Waals surface area contributed by atoms with Gasteiger partial charge in [-0.05, 0) is 28.5 Å². The molecule has 0 amide bonds. The molecule has 0 N–H and O–H groups in total. The van der Waals surface area contributed by atoms with Gasteiger partial charge in [0.1, 0.15) is 11.5 Å². The minimum Gasteiger partial charge on any atom is -0.457 e. The number of para-hydroxylation sites is 1. The Balaban J connectivity index is 2.50. The maximum atomic E-state index is 6.24. The fraction of sp³-hybridized carbons (Fsp3) is 0.429. The fourth-order valence-corrected chi connectivity index (χ4v) is 2.72. The van der Waals surface area contributed by atoms with Gasteiger partial charge < -0.3 is 4.74 Å². The van der Waals surface area contributed by atoms with Crippen LogP contribution in [0.15, 0.2) is 42.5 Å². The van der Waals surface area contributed by atoms with E-state index in [1.165, 1.54) is 11.1 Å². The van der Waals surface area contributed by atoms with Crippen molar-refractivity contribution in [1.82, 2.24) is 0 Å². The third-order valence-corrected chi connectivity index (χ3v) is 4.28. The van der Waals surface area contributed by atoms with Crippen LogP contribution in [-0.2, 0) is 16.7 Å². The summed E-state index contributed by atoms with van der Waals surface area (Å²) in [6, 6.07) is 14.5. The smallest absolute Gasteiger partial charge is 0.131 e. The Hall–Kier alpha value is -1.47. The van der Waals surface area contributed by atoms with Crippen molar-refractivity contribution in [2.24, 2.45) is 0 Å². The summed E-state index contributed by atoms with van der Waals surface area (Å²) in [5.74, 6) is 2.18. The zero-order valence-corrected chi connectivity index (χ0v) is 15.8. The van der Waals surface area contributed by atoms with E-state index in [4.69, 9.17) is 16.3 Å². The summed E-state index contributed by atoms with van der Waals surface area (Å²) < 4.78 is 6.24. The summed E-state index contributed by atoms with van der Waals surface area (Å²) in [5, 5.41) is 0. The first-order chi connectivity index (χ1) is 10.6. The first kappa shape index (κ1) is 17.9. The van der Waals surface area contributed by atoms with Gasteiger partial charge in [-0.3, -0.25) is 0 Å². The van der Waals surface area contributed by atoms with E-state index in [-0.39, 0.29) is 10.8 Å². The van der Waals surface area contributed by atoms with Gasteiger partial charge in [-0.2, -0.15) is 0 Å². The Morgan fingerprint density at radius 2 is 1.48 bits per heavy atom. The van der Waals surface area contributed by atoms with Crippen LogP contribution in [0.2, 0.25) is 0 Å². The standard InChI is InChI=1S/C21H27ClO/c1-20(2,3)16-11-12-19(17(13-16)21(4,5)6)23-18-10-8-7-9-15(18)14-22/h7-13H,14H2,1-6H3. The predicted molar refractivity (Wildman–Crippen MR) is 99.9 cm³/mol. The lowest BCUT2D eigenvalue weighted by Gasteiger charge is -2.27. The molecular weight excluding hydrogens is 304 g/mol. The second-order valence-electron chi connectivity index (χ2n) is 8.05. The third-order valence-electron chi connectivity index (χ3n) is 3.99. The molecule has 0 unspecified atom stereocenters. The molecule has 2 heteroatoms. The molecule has 23 heavy (non-hydrogen) atoms. The minimum atomic E-state index is 0.00645. The Kier molecular flexibility index (Phi) is 5.10. The van der Waals surface area contributed by atoms with E-state index < -0.39 is 0 Å². The summed E-state index contributed by atoms with van der Waals surface area (Å²) in [7, 11) is 0. The van der Waals surface area contributed by atoms with E-state index in [0.717, 1.165) is 17.1 Å². The molecule has 0 bridgehead atoms. The molecule has 2 rings (SSSR count). The van der Waals surface area contributed by atoms with Crippen molar-refractivity contribution in [1.29, 1.82) is 0 Å². The molecule has 0 atom stereocenters. The number of rotatable bonds is 3. The lowest BCUT2D eigenvalue weighted by Crippen LogP contribution is -2.17. The van der Waals surface area contributed by atoms with Crippen LogP contribution in [0, 0.1) is 0 Å². The molecule has 0 aliphatic heterocycles. The van der Waals surface area contributed by atoms with Gasteiger partial charge >= 0.3 is 0 Å². The van der Waals surface area contributed by atoms with Crippen molar-refractivity contribution in [3.8, 4) is 11.5 Å². The van der Waals surface area contributed by atoms with Gasteiger partial charge in [0.15, 0.2) is 0 Å². The monoisotopic (exact) mass is 330 g/mol. The number of benzene rings is 2. The van der Waals surface area contributed by atoms with Crippen molar-refractivity contribution < 1.29 is 4.74 Å². The number of hydrogen-bond donors (Lipinski definition) is 0. The second kappa shape index (κ2) is 6.57. The zero-order valence-electron chi connectivity index (χ0n) is 15.0. The molecule has 124 valence electrons. The number of ether oxygens (including phenoxy) is 1. The SMILES string of the molecule is CC(C)(C)c1ccc(Oc2ccccc2CCl)c(C(C)(C)C)c1. The van der Waals surface area contributed by atoms with Crippen molar-refractivity contribution in [2.75, 3.05) is 0 Å². The van der Waals surface area contributed by atoms with Crippen LogP contribution in [0.4, 0.5) is 0 Å². The van der Waals surface area contributed by atoms with Gasteiger partial charge in [0.25, 0.3) is 0 Å². The highest BCUT2D eigenvalue weighted by atomic mass is 35.5. The highest BCUT2D eigenvalue weighted by Gasteiger charge is 2.23. The van der Waals surface area contributed by atoms with E-state index >= 15 is 0 Å². The number of hydrogen-bond acceptors (Lipinski definition) is 1. The van der Waals surface area contributed by atoms with Gasteiger partial charge in [0.05, 0.1) is 5.88 Å². The van der Waals surface area contributed by atoms with Crippen molar-refractivity contribution in [3.05, 3.63) is 59.2 Å². The quantitative estimate of drug-likeness (QED) is 0.561. The van der Waals surface area contributed by atoms with Crippen LogP contribution < -0.4 is 4.74 Å². The van der Waals surface area contributed by atoms with Crippen LogP contribution in [0.3, 0.4) is 0 Å². The molecule has 0 saturated heterocycles. The molecule has 0 heterocycles. The first-order valence-electron chi connectivity index (χ1n) is 8.09. The maximum absolute atomic E-state index is 6.24. The Morgan fingerprint density at radius 3 is 2.04 bits per heavy atom. The second-order valence-corrected chi connectivity index (χ2v) is 8.32. The molecule has 0 saturated carbocycles. The highest BCUT2D eigenvalue weighted by molar-refractivity contribution is 6.17. The molecule has 0 aromatic heterocycles. The Morgan fingerprint density at radius 1 is 0.826 bits per heavy atom. The van der Waals surface area contributed by atoms with E-state index in [1.54, 1.807) is 0 Å². The molecule has 1 nitrogen and oxygen atoms in total. The molecular formula is C21H27ClO. The topological polar surface area (TPSA) is 9.23 Å². The van der Waals surface area contributed by atoms with E-state index in [1.807, 2.05) is 24.3 Å². The minimum absolute atomic E-state index is 0.00645. The van der Waals surface area contributed by atoms with Crippen LogP contribution >= 0.6 is 11.6 Å². The molecule has 2 aromatic carbocycles. The summed E-state index contributed by atoms with van der Waals surface area (Å²) in [6.45, 7) is 13.4. The number of alkyl halides is 1. The molecule has 0 radical (unpaired) electrons. The van der Waals surface area contributed by atoms with E-state index in [0.29, 0.717) is 5.88 Å². The predicted octanol–water partition coefficient (Wildman–Crippen LogP) is 6.81. The summed E-state index contributed by atoms with van der Waals surface area (Å²) in [4.78, 5) is 0. The van der Waals surface area contributed by atoms with Gasteiger partial charge in [-0.15, -0.1) is 11.6 Å². The Labute approximate surface area is 145 Å². The van der Waals surface area contributed by atoms with Crippen molar-refractivity contribution >= 4 is 11.6 Å².